The van der Waals surface area contributed by atoms with Crippen LogP contribution in [0.1, 0.15) is 38.8 Å². The van der Waals surface area contributed by atoms with E-state index in [1.54, 1.807) is 13.0 Å². The van der Waals surface area contributed by atoms with E-state index >= 15 is 0 Å². The molecule has 1 heterocycles. The van der Waals surface area contributed by atoms with Gasteiger partial charge >= 0.3 is 5.97 Å². The molecule has 0 amide bonds. The Hall–Kier alpha value is -2.81. The fraction of sp³-hybridized carbons (Fsp3) is 0.292. The number of esters is 1. The van der Waals surface area contributed by atoms with E-state index in [0.717, 1.165) is 10.9 Å². The van der Waals surface area contributed by atoms with E-state index in [2.05, 4.69) is 74.9 Å². The molecule has 0 saturated heterocycles. The van der Waals surface area contributed by atoms with E-state index in [4.69, 9.17) is 4.74 Å². The van der Waals surface area contributed by atoms with Gasteiger partial charge in [-0.3, -0.25) is 0 Å². The van der Waals surface area contributed by atoms with E-state index in [1.165, 1.54) is 28.4 Å². The van der Waals surface area contributed by atoms with Gasteiger partial charge in [0, 0.05) is 29.7 Å². The van der Waals surface area contributed by atoms with Gasteiger partial charge < -0.3 is 9.30 Å². The largest absolute Gasteiger partial charge is 0.463 e. The van der Waals surface area contributed by atoms with Gasteiger partial charge in [0.1, 0.15) is 0 Å². The monoisotopic (exact) mass is 361 g/mol. The minimum atomic E-state index is -0.314. The second-order valence-corrected chi connectivity index (χ2v) is 7.82. The van der Waals surface area contributed by atoms with Crippen molar-refractivity contribution in [1.29, 1.82) is 0 Å². The van der Waals surface area contributed by atoms with Gasteiger partial charge in [0.25, 0.3) is 0 Å². The minimum absolute atomic E-state index is 0.117. The van der Waals surface area contributed by atoms with Crippen LogP contribution in [0.2, 0.25) is 0 Å². The van der Waals surface area contributed by atoms with Gasteiger partial charge in [-0.2, -0.15) is 0 Å². The molecule has 0 atom stereocenters. The zero-order valence-electron chi connectivity index (χ0n) is 16.7. The van der Waals surface area contributed by atoms with Gasteiger partial charge in [0.05, 0.1) is 6.61 Å². The quantitative estimate of drug-likeness (QED) is 0.440. The first-order chi connectivity index (χ1) is 12.8. The van der Waals surface area contributed by atoms with E-state index in [-0.39, 0.29) is 11.4 Å². The third-order valence-corrected chi connectivity index (χ3v) is 4.79. The molecule has 3 nitrogen and oxygen atoms in total. The number of ether oxygens (including phenoxy) is 1. The van der Waals surface area contributed by atoms with E-state index in [1.807, 2.05) is 6.07 Å². The SMILES string of the molecule is CCOC(=O)/C=C/c1ccc2c(c1)cc(-c1cccc(C(C)(C)C)c1)n2C. The molecule has 0 aliphatic rings. The molecule has 0 N–H and O–H groups in total. The topological polar surface area (TPSA) is 31.2 Å². The maximum atomic E-state index is 11.5. The summed E-state index contributed by atoms with van der Waals surface area (Å²) in [6.45, 7) is 8.89. The first-order valence-electron chi connectivity index (χ1n) is 9.35. The van der Waals surface area contributed by atoms with Crippen molar-refractivity contribution < 1.29 is 9.53 Å². The fourth-order valence-corrected chi connectivity index (χ4v) is 3.25. The Bertz CT molecular complexity index is 1000. The fourth-order valence-electron chi connectivity index (χ4n) is 3.25. The number of carbonyl (C=O) groups excluding carboxylic acids is 1. The number of nitrogens with zero attached hydrogens (tertiary/aromatic N) is 1. The van der Waals surface area contributed by atoms with E-state index < -0.39 is 0 Å². The molecule has 0 aliphatic heterocycles. The Morgan fingerprint density at radius 2 is 1.89 bits per heavy atom. The second kappa shape index (κ2) is 7.43. The molecule has 27 heavy (non-hydrogen) atoms. The molecular formula is C24H27NO2. The first-order valence-corrected chi connectivity index (χ1v) is 9.35. The number of hydrogen-bond acceptors (Lipinski definition) is 2. The Balaban J connectivity index is 1.99. The highest BCUT2D eigenvalue weighted by Crippen LogP contribution is 2.31. The van der Waals surface area contributed by atoms with Crippen LogP contribution in [0.15, 0.2) is 54.6 Å². The van der Waals surface area contributed by atoms with Crippen LogP contribution in [0.3, 0.4) is 0 Å². The normalized spacial score (nSPS) is 12.0. The van der Waals surface area contributed by atoms with Crippen molar-refractivity contribution in [3.05, 3.63) is 65.7 Å². The molecule has 0 radical (unpaired) electrons. The van der Waals surface area contributed by atoms with Gasteiger partial charge in [-0.05, 0) is 59.4 Å². The zero-order chi connectivity index (χ0) is 19.6. The maximum Gasteiger partial charge on any atom is 0.330 e. The number of hydrogen-bond donors (Lipinski definition) is 0. The standard InChI is InChI=1S/C24H27NO2/c1-6-27-23(26)13-11-17-10-12-21-19(14-17)16-22(25(21)5)18-8-7-9-20(15-18)24(2,3)4/h7-16H,6H2,1-5H3/b13-11+. The highest BCUT2D eigenvalue weighted by atomic mass is 16.5. The lowest BCUT2D eigenvalue weighted by Crippen LogP contribution is -2.10. The van der Waals surface area contributed by atoms with Crippen LogP contribution < -0.4 is 0 Å². The van der Waals surface area contributed by atoms with Crippen LogP contribution in [-0.4, -0.2) is 17.1 Å². The van der Waals surface area contributed by atoms with Crippen molar-refractivity contribution >= 4 is 22.9 Å². The Morgan fingerprint density at radius 1 is 1.11 bits per heavy atom. The smallest absolute Gasteiger partial charge is 0.330 e. The summed E-state index contributed by atoms with van der Waals surface area (Å²) in [5.74, 6) is -0.314. The molecule has 0 saturated carbocycles. The molecule has 0 unspecified atom stereocenters. The lowest BCUT2D eigenvalue weighted by atomic mass is 9.86. The van der Waals surface area contributed by atoms with Crippen LogP contribution in [-0.2, 0) is 22.0 Å². The Morgan fingerprint density at radius 3 is 2.59 bits per heavy atom. The summed E-state index contributed by atoms with van der Waals surface area (Å²) in [7, 11) is 2.09. The number of benzene rings is 2. The third-order valence-electron chi connectivity index (χ3n) is 4.79. The van der Waals surface area contributed by atoms with E-state index in [9.17, 15) is 4.79 Å². The highest BCUT2D eigenvalue weighted by molar-refractivity contribution is 5.91. The van der Waals surface area contributed by atoms with Gasteiger partial charge in [0.15, 0.2) is 0 Å². The number of aromatic nitrogens is 1. The number of fused-ring (bicyclic) bond motifs is 1. The van der Waals surface area contributed by atoms with Crippen molar-refractivity contribution in [2.75, 3.05) is 6.61 Å². The molecule has 2 aromatic carbocycles. The van der Waals surface area contributed by atoms with Crippen LogP contribution >= 0.6 is 0 Å². The summed E-state index contributed by atoms with van der Waals surface area (Å²) >= 11 is 0. The summed E-state index contributed by atoms with van der Waals surface area (Å²) in [5.41, 5.74) is 5.98. The predicted octanol–water partition coefficient (Wildman–Crippen LogP) is 5.72. The van der Waals surface area contributed by atoms with Crippen LogP contribution in [0, 0.1) is 0 Å². The average Bonchev–Trinajstić information content (AvgIpc) is 2.96. The Kier molecular flexibility index (Phi) is 5.22. The molecule has 0 spiro atoms. The minimum Gasteiger partial charge on any atom is -0.463 e. The van der Waals surface area contributed by atoms with Crippen LogP contribution in [0.5, 0.6) is 0 Å². The number of carbonyl (C=O) groups is 1. The summed E-state index contributed by atoms with van der Waals surface area (Å²) in [6.07, 6.45) is 3.27. The lowest BCUT2D eigenvalue weighted by molar-refractivity contribution is -0.137. The zero-order valence-corrected chi connectivity index (χ0v) is 16.7. The van der Waals surface area contributed by atoms with Gasteiger partial charge in [-0.25, -0.2) is 4.79 Å². The molecule has 1 aromatic heterocycles. The molecule has 140 valence electrons. The average molecular weight is 361 g/mol. The second-order valence-electron chi connectivity index (χ2n) is 7.82. The highest BCUT2D eigenvalue weighted by Gasteiger charge is 2.15. The van der Waals surface area contributed by atoms with Crippen LogP contribution in [0.25, 0.3) is 28.2 Å². The lowest BCUT2D eigenvalue weighted by Gasteiger charge is -2.20. The van der Waals surface area contributed by atoms with Gasteiger partial charge in [-0.15, -0.1) is 0 Å². The molecule has 0 aliphatic carbocycles. The summed E-state index contributed by atoms with van der Waals surface area (Å²) < 4.78 is 7.16. The van der Waals surface area contributed by atoms with Gasteiger partial charge in [-0.1, -0.05) is 45.0 Å². The maximum absolute atomic E-state index is 11.5. The van der Waals surface area contributed by atoms with Crippen molar-refractivity contribution in [3.8, 4) is 11.3 Å². The number of aryl methyl sites for hydroxylation is 1. The molecule has 3 heteroatoms. The van der Waals surface area contributed by atoms with Gasteiger partial charge in [0.2, 0.25) is 0 Å². The third kappa shape index (κ3) is 4.13. The van der Waals surface area contributed by atoms with E-state index in [0.29, 0.717) is 6.61 Å². The number of rotatable bonds is 4. The first kappa shape index (κ1) is 19.0. The van der Waals surface area contributed by atoms with Crippen molar-refractivity contribution in [3.63, 3.8) is 0 Å². The molecular weight excluding hydrogens is 334 g/mol. The summed E-state index contributed by atoms with van der Waals surface area (Å²) in [5, 5.41) is 1.15. The molecule has 3 aromatic rings. The van der Waals surface area contributed by atoms with Crippen LogP contribution in [0.4, 0.5) is 0 Å². The van der Waals surface area contributed by atoms with Crippen molar-refractivity contribution in [1.82, 2.24) is 4.57 Å². The van der Waals surface area contributed by atoms with Crippen molar-refractivity contribution in [2.24, 2.45) is 7.05 Å². The van der Waals surface area contributed by atoms with Crippen molar-refractivity contribution in [2.45, 2.75) is 33.1 Å². The Labute approximate surface area is 161 Å². The molecule has 3 rings (SSSR count). The summed E-state index contributed by atoms with van der Waals surface area (Å²) in [6, 6.07) is 17.2. The predicted molar refractivity (Wildman–Crippen MR) is 113 cm³/mol. The molecule has 0 bridgehead atoms. The molecule has 0 fully saturated rings. The summed E-state index contributed by atoms with van der Waals surface area (Å²) in [4.78, 5) is 11.5.